The Kier molecular flexibility index (Phi) is 6.73. The Hall–Kier alpha value is -3.72. The summed E-state index contributed by atoms with van der Waals surface area (Å²) in [6, 6.07) is 17.0. The largest absolute Gasteiger partial charge is 0.339 e. The highest BCUT2D eigenvalue weighted by Gasteiger charge is 2.25. The Morgan fingerprint density at radius 1 is 1.00 bits per heavy atom. The van der Waals surface area contributed by atoms with E-state index < -0.39 is 6.43 Å². The van der Waals surface area contributed by atoms with Crippen LogP contribution in [-0.2, 0) is 17.9 Å². The molecule has 6 nitrogen and oxygen atoms in total. The number of hydrogen-bond acceptors (Lipinski definition) is 4. The van der Waals surface area contributed by atoms with Crippen molar-refractivity contribution in [3.8, 4) is 11.3 Å². The van der Waals surface area contributed by atoms with Crippen molar-refractivity contribution >= 4 is 16.9 Å². The molecule has 1 aliphatic heterocycles. The fraction of sp³-hybridized carbons (Fsp3) is 0.296. The van der Waals surface area contributed by atoms with Crippen LogP contribution in [0.15, 0.2) is 60.7 Å². The summed E-state index contributed by atoms with van der Waals surface area (Å²) in [7, 11) is 0. The third-order valence-corrected chi connectivity index (χ3v) is 6.54. The summed E-state index contributed by atoms with van der Waals surface area (Å²) in [5.74, 6) is -0.395. The zero-order valence-corrected chi connectivity index (χ0v) is 19.9. The predicted octanol–water partition coefficient (Wildman–Crippen LogP) is 4.83. The number of carbonyl (C=O) groups is 1. The van der Waals surface area contributed by atoms with Crippen LogP contribution < -0.4 is 0 Å². The Morgan fingerprint density at radius 2 is 1.69 bits per heavy atom. The van der Waals surface area contributed by atoms with Gasteiger partial charge in [-0.15, -0.1) is 0 Å². The second-order valence-corrected chi connectivity index (χ2v) is 8.99. The van der Waals surface area contributed by atoms with E-state index in [9.17, 15) is 18.0 Å². The van der Waals surface area contributed by atoms with E-state index in [4.69, 9.17) is 0 Å². The van der Waals surface area contributed by atoms with Crippen LogP contribution in [0, 0.1) is 12.7 Å². The molecule has 1 aliphatic rings. The Balaban J connectivity index is 1.33. The number of nitrogens with zero attached hydrogens (tertiary/aromatic N) is 5. The molecule has 0 spiro atoms. The van der Waals surface area contributed by atoms with Gasteiger partial charge in [-0.05, 0) is 30.7 Å². The Bertz CT molecular complexity index is 1360. The van der Waals surface area contributed by atoms with Crippen molar-refractivity contribution in [3.63, 3.8) is 0 Å². The molecule has 3 heterocycles. The van der Waals surface area contributed by atoms with Crippen molar-refractivity contribution in [1.82, 2.24) is 24.6 Å². The van der Waals surface area contributed by atoms with Crippen molar-refractivity contribution in [2.45, 2.75) is 26.4 Å². The van der Waals surface area contributed by atoms with Crippen LogP contribution in [-0.4, -0.2) is 56.7 Å². The lowest BCUT2D eigenvalue weighted by Gasteiger charge is -2.34. The molecule has 9 heteroatoms. The topological polar surface area (TPSA) is 54.3 Å². The molecule has 0 N–H and O–H groups in total. The summed E-state index contributed by atoms with van der Waals surface area (Å²) < 4.78 is 42.6. The number of rotatable bonds is 6. The number of alkyl halides is 2. The van der Waals surface area contributed by atoms with E-state index in [0.717, 1.165) is 11.1 Å². The monoisotopic (exact) mass is 493 g/mol. The average Bonchev–Trinajstić information content (AvgIpc) is 3.20. The minimum Gasteiger partial charge on any atom is -0.339 e. The minimum atomic E-state index is -2.70. The fourth-order valence-electron chi connectivity index (χ4n) is 4.66. The third-order valence-electron chi connectivity index (χ3n) is 6.54. The van der Waals surface area contributed by atoms with Crippen LogP contribution in [0.5, 0.6) is 0 Å². The molecule has 186 valence electrons. The van der Waals surface area contributed by atoms with Crippen molar-refractivity contribution in [1.29, 1.82) is 0 Å². The second-order valence-electron chi connectivity index (χ2n) is 8.99. The first-order valence-corrected chi connectivity index (χ1v) is 11.9. The molecule has 0 bridgehead atoms. The van der Waals surface area contributed by atoms with Crippen LogP contribution in [0.4, 0.5) is 13.2 Å². The number of amides is 1. The van der Waals surface area contributed by atoms with Crippen molar-refractivity contribution in [2.75, 3.05) is 26.2 Å². The molecule has 0 aliphatic carbocycles. The number of benzene rings is 2. The van der Waals surface area contributed by atoms with Crippen LogP contribution in [0.3, 0.4) is 0 Å². The summed E-state index contributed by atoms with van der Waals surface area (Å²) in [6.07, 6.45) is -2.70. The molecular weight excluding hydrogens is 467 g/mol. The molecule has 1 saturated heterocycles. The Labute approximate surface area is 207 Å². The summed E-state index contributed by atoms with van der Waals surface area (Å²) >= 11 is 0. The van der Waals surface area contributed by atoms with E-state index in [2.05, 4.69) is 15.0 Å². The second kappa shape index (κ2) is 10.1. The quantitative estimate of drug-likeness (QED) is 0.386. The number of hydrogen-bond donors (Lipinski definition) is 0. The summed E-state index contributed by atoms with van der Waals surface area (Å²) in [5, 5.41) is 4.71. The van der Waals surface area contributed by atoms with Crippen molar-refractivity contribution in [3.05, 3.63) is 83.3 Å². The molecule has 5 rings (SSSR count). The normalized spacial score (nSPS) is 14.6. The molecule has 2 aromatic carbocycles. The molecule has 1 amide bonds. The summed E-state index contributed by atoms with van der Waals surface area (Å²) in [4.78, 5) is 21.7. The van der Waals surface area contributed by atoms with Gasteiger partial charge in [-0.25, -0.2) is 22.8 Å². The van der Waals surface area contributed by atoms with Crippen molar-refractivity contribution in [2.24, 2.45) is 0 Å². The average molecular weight is 494 g/mol. The van der Waals surface area contributed by atoms with E-state index in [1.54, 1.807) is 24.0 Å². The molecule has 0 radical (unpaired) electrons. The first-order chi connectivity index (χ1) is 17.4. The van der Waals surface area contributed by atoms with Crippen LogP contribution in [0.2, 0.25) is 0 Å². The van der Waals surface area contributed by atoms with Gasteiger partial charge in [0, 0.05) is 43.9 Å². The highest BCUT2D eigenvalue weighted by Crippen LogP contribution is 2.33. The zero-order valence-electron chi connectivity index (χ0n) is 19.9. The maximum absolute atomic E-state index is 14.0. The number of pyridine rings is 1. The number of halogens is 3. The highest BCUT2D eigenvalue weighted by molar-refractivity contribution is 5.87. The van der Waals surface area contributed by atoms with Gasteiger partial charge in [-0.3, -0.25) is 9.69 Å². The van der Waals surface area contributed by atoms with E-state index in [0.29, 0.717) is 49.5 Å². The first kappa shape index (κ1) is 24.0. The van der Waals surface area contributed by atoms with Gasteiger partial charge in [-0.2, -0.15) is 5.10 Å². The highest BCUT2D eigenvalue weighted by atomic mass is 19.3. The molecule has 0 unspecified atom stereocenters. The molecule has 0 saturated carbocycles. The van der Waals surface area contributed by atoms with Gasteiger partial charge in [-0.1, -0.05) is 42.5 Å². The summed E-state index contributed by atoms with van der Waals surface area (Å²) in [6.45, 7) is 4.74. The van der Waals surface area contributed by atoms with Gasteiger partial charge >= 0.3 is 0 Å². The van der Waals surface area contributed by atoms with E-state index >= 15 is 0 Å². The SMILES string of the molecule is Cc1nn(CC(=O)N2CCN(Cc3ccc(F)cc3)CC2)c2nc(-c3ccccc3)cc(C(F)F)c12. The number of carbonyl (C=O) groups excluding carboxylic acids is 1. The number of piperazine rings is 1. The lowest BCUT2D eigenvalue weighted by Crippen LogP contribution is -2.49. The fourth-order valence-corrected chi connectivity index (χ4v) is 4.66. The van der Waals surface area contributed by atoms with Gasteiger partial charge in [0.25, 0.3) is 6.43 Å². The van der Waals surface area contributed by atoms with Gasteiger partial charge < -0.3 is 4.90 Å². The molecule has 4 aromatic rings. The molecule has 1 fully saturated rings. The van der Waals surface area contributed by atoms with Crippen LogP contribution in [0.25, 0.3) is 22.3 Å². The zero-order chi connectivity index (χ0) is 25.2. The number of fused-ring (bicyclic) bond motifs is 1. The van der Waals surface area contributed by atoms with Crippen LogP contribution >= 0.6 is 0 Å². The Morgan fingerprint density at radius 3 is 2.36 bits per heavy atom. The van der Waals surface area contributed by atoms with Crippen LogP contribution in [0.1, 0.15) is 23.2 Å². The van der Waals surface area contributed by atoms with Gasteiger partial charge in [0.2, 0.25) is 5.91 Å². The minimum absolute atomic E-state index is 0.0732. The number of aromatic nitrogens is 3. The maximum Gasteiger partial charge on any atom is 0.264 e. The molecule has 2 aromatic heterocycles. The van der Waals surface area contributed by atoms with E-state index in [1.807, 2.05) is 30.3 Å². The predicted molar refractivity (Wildman–Crippen MR) is 131 cm³/mol. The number of aryl methyl sites for hydroxylation is 1. The third kappa shape index (κ3) is 4.97. The maximum atomic E-state index is 14.0. The smallest absolute Gasteiger partial charge is 0.264 e. The van der Waals surface area contributed by atoms with E-state index in [1.165, 1.54) is 22.9 Å². The van der Waals surface area contributed by atoms with Gasteiger partial charge in [0.05, 0.1) is 16.8 Å². The summed E-state index contributed by atoms with van der Waals surface area (Å²) in [5.41, 5.74) is 2.72. The molecular formula is C27H26F3N5O. The lowest BCUT2D eigenvalue weighted by atomic mass is 10.1. The standard InChI is InChI=1S/C27H26F3N5O/c1-18-25-22(26(29)30)15-23(20-5-3-2-4-6-20)31-27(25)35(32-18)17-24(36)34-13-11-33(12-14-34)16-19-7-9-21(28)10-8-19/h2-10,15,26H,11-14,16-17H2,1H3. The van der Waals surface area contributed by atoms with Crippen molar-refractivity contribution < 1.29 is 18.0 Å². The van der Waals surface area contributed by atoms with Gasteiger partial charge in [0.15, 0.2) is 5.65 Å². The lowest BCUT2D eigenvalue weighted by molar-refractivity contribution is -0.133. The van der Waals surface area contributed by atoms with Gasteiger partial charge in [0.1, 0.15) is 12.4 Å². The molecule has 0 atom stereocenters. The first-order valence-electron chi connectivity index (χ1n) is 11.9. The van der Waals surface area contributed by atoms with E-state index in [-0.39, 0.29) is 29.5 Å². The molecule has 36 heavy (non-hydrogen) atoms.